The second-order valence-electron chi connectivity index (χ2n) is 9.48. The predicted molar refractivity (Wildman–Crippen MR) is 143 cm³/mol. The van der Waals surface area contributed by atoms with E-state index in [0.29, 0.717) is 60.1 Å². The topological polar surface area (TPSA) is 140 Å². The number of anilines is 4. The molecule has 1 unspecified atom stereocenters. The highest BCUT2D eigenvalue weighted by molar-refractivity contribution is 6.36. The van der Waals surface area contributed by atoms with Crippen LogP contribution in [0.4, 0.5) is 23.1 Å². The van der Waals surface area contributed by atoms with Gasteiger partial charge in [0.15, 0.2) is 17.2 Å². The van der Waals surface area contributed by atoms with E-state index in [4.69, 9.17) is 21.1 Å². The number of rotatable bonds is 10. The third kappa shape index (κ3) is 5.74. The summed E-state index contributed by atoms with van der Waals surface area (Å²) in [5.74, 6) is 0.769. The number of nitrogens with zero attached hydrogens (tertiary/aromatic N) is 8. The molecule has 1 aromatic carbocycles. The van der Waals surface area contributed by atoms with E-state index in [2.05, 4.69) is 47.6 Å². The van der Waals surface area contributed by atoms with E-state index in [0.717, 1.165) is 31.6 Å². The van der Waals surface area contributed by atoms with E-state index >= 15 is 0 Å². The number of aromatic nitrogens is 4. The van der Waals surface area contributed by atoms with Crippen LogP contribution in [-0.4, -0.2) is 90.2 Å². The Morgan fingerprint density at radius 1 is 1.29 bits per heavy atom. The monoisotopic (exact) mass is 536 g/mol. The molecular weight excluding hydrogens is 508 g/mol. The lowest BCUT2D eigenvalue weighted by molar-refractivity contribution is 0.0167. The number of fused-ring (bicyclic) bond motifs is 1. The highest BCUT2D eigenvalue weighted by atomic mass is 35.5. The van der Waals surface area contributed by atoms with Crippen molar-refractivity contribution >= 4 is 40.4 Å². The van der Waals surface area contributed by atoms with Gasteiger partial charge in [-0.05, 0) is 32.0 Å². The smallest absolute Gasteiger partial charge is 0.247 e. The van der Waals surface area contributed by atoms with Crippen molar-refractivity contribution in [1.82, 2.24) is 24.5 Å². The van der Waals surface area contributed by atoms with Crippen molar-refractivity contribution in [1.29, 1.82) is 10.5 Å². The molecule has 198 valence electrons. The molecule has 1 aliphatic carbocycles. The molecule has 0 spiro atoms. The Bertz CT molecular complexity index is 1390. The van der Waals surface area contributed by atoms with E-state index in [9.17, 15) is 10.5 Å². The van der Waals surface area contributed by atoms with Crippen LogP contribution in [0.5, 0.6) is 0 Å². The van der Waals surface area contributed by atoms with Crippen LogP contribution in [0.3, 0.4) is 0 Å². The molecule has 13 heteroatoms. The van der Waals surface area contributed by atoms with Crippen LogP contribution in [0.15, 0.2) is 18.3 Å². The number of imidazole rings is 1. The zero-order chi connectivity index (χ0) is 26.6. The van der Waals surface area contributed by atoms with E-state index in [1.807, 2.05) is 7.05 Å². The SMILES string of the molecule is COCCN(C)CC1CN(c2cc(C#N)cc(Nc3nc(NC4CC4)c4ncc(C#N)n4n3)c2Cl)CCO1. The molecule has 2 aliphatic rings. The van der Waals surface area contributed by atoms with Gasteiger partial charge in [0, 0.05) is 39.3 Å². The maximum absolute atomic E-state index is 9.75. The third-order valence-electron chi connectivity index (χ3n) is 6.50. The molecule has 5 rings (SSSR count). The molecular formula is C25H29ClN10O2. The van der Waals surface area contributed by atoms with Gasteiger partial charge in [0.25, 0.3) is 0 Å². The standard InChI is InChI=1S/C25H29ClN10O2/c1-34(5-7-37-2)14-19-15-35(6-8-38-19)21-10-16(11-27)9-20(22(21)26)31-25-32-23(30-17-3-4-17)24-29-13-18(12-28)36(24)33-25/h9-10,13,17,19H,3-8,14-15H2,1-2H3,(H2,30,31,32,33). The maximum Gasteiger partial charge on any atom is 0.247 e. The number of hydrogen-bond donors (Lipinski definition) is 2. The van der Waals surface area contributed by atoms with Gasteiger partial charge >= 0.3 is 0 Å². The molecule has 3 aromatic rings. The highest BCUT2D eigenvalue weighted by Crippen LogP contribution is 2.37. The van der Waals surface area contributed by atoms with Crippen LogP contribution in [0, 0.1) is 22.7 Å². The number of nitriles is 2. The molecule has 1 saturated carbocycles. The van der Waals surface area contributed by atoms with E-state index in [1.54, 1.807) is 19.2 Å². The summed E-state index contributed by atoms with van der Waals surface area (Å²) >= 11 is 6.91. The van der Waals surface area contributed by atoms with Crippen LogP contribution in [0.1, 0.15) is 24.1 Å². The average molecular weight is 537 g/mol. The second kappa shape index (κ2) is 11.4. The van der Waals surface area contributed by atoms with Crippen LogP contribution >= 0.6 is 11.6 Å². The zero-order valence-electron chi connectivity index (χ0n) is 21.3. The number of halogens is 1. The molecule has 0 bridgehead atoms. The Kier molecular flexibility index (Phi) is 7.77. The maximum atomic E-state index is 9.75. The minimum Gasteiger partial charge on any atom is -0.383 e. The number of benzene rings is 1. The van der Waals surface area contributed by atoms with Crippen molar-refractivity contribution in [2.45, 2.75) is 25.0 Å². The fourth-order valence-corrected chi connectivity index (χ4v) is 4.65. The lowest BCUT2D eigenvalue weighted by Crippen LogP contribution is -2.47. The van der Waals surface area contributed by atoms with Gasteiger partial charge in [-0.1, -0.05) is 11.6 Å². The van der Waals surface area contributed by atoms with E-state index in [1.165, 1.54) is 10.7 Å². The first-order valence-corrected chi connectivity index (χ1v) is 12.8. The lowest BCUT2D eigenvalue weighted by Gasteiger charge is -2.37. The Morgan fingerprint density at radius 2 is 2.13 bits per heavy atom. The molecule has 0 amide bonds. The normalized spacial score (nSPS) is 17.4. The van der Waals surface area contributed by atoms with Crippen LogP contribution in [0.25, 0.3) is 5.65 Å². The molecule has 2 aromatic heterocycles. The first-order valence-electron chi connectivity index (χ1n) is 12.5. The first-order chi connectivity index (χ1) is 18.5. The van der Waals surface area contributed by atoms with Gasteiger partial charge in [0.1, 0.15) is 6.07 Å². The summed E-state index contributed by atoms with van der Waals surface area (Å²) in [5, 5.41) is 30.7. The van der Waals surface area contributed by atoms with Crippen molar-refractivity contribution in [3.63, 3.8) is 0 Å². The van der Waals surface area contributed by atoms with Gasteiger partial charge in [0.2, 0.25) is 5.95 Å². The quantitative estimate of drug-likeness (QED) is 0.395. The summed E-state index contributed by atoms with van der Waals surface area (Å²) in [7, 11) is 3.72. The van der Waals surface area contributed by atoms with Gasteiger partial charge < -0.3 is 29.9 Å². The number of nitrogens with one attached hydrogen (secondary N) is 2. The summed E-state index contributed by atoms with van der Waals surface area (Å²) in [4.78, 5) is 13.2. The fourth-order valence-electron chi connectivity index (χ4n) is 4.38. The Labute approximate surface area is 225 Å². The molecule has 0 radical (unpaired) electrons. The van der Waals surface area contributed by atoms with Crippen molar-refractivity contribution in [3.8, 4) is 12.1 Å². The molecule has 12 nitrogen and oxygen atoms in total. The largest absolute Gasteiger partial charge is 0.383 e. The van der Waals surface area contributed by atoms with Crippen LogP contribution < -0.4 is 15.5 Å². The summed E-state index contributed by atoms with van der Waals surface area (Å²) in [5.41, 5.74) is 2.45. The number of ether oxygens (including phenoxy) is 2. The number of morpholine rings is 1. The van der Waals surface area contributed by atoms with Crippen LogP contribution in [0.2, 0.25) is 5.02 Å². The summed E-state index contributed by atoms with van der Waals surface area (Å²) in [6, 6.07) is 8.11. The molecule has 1 aliphatic heterocycles. The molecule has 1 atom stereocenters. The van der Waals surface area contributed by atoms with Gasteiger partial charge in [0.05, 0.1) is 53.5 Å². The zero-order valence-corrected chi connectivity index (χ0v) is 22.1. The van der Waals surface area contributed by atoms with Crippen molar-refractivity contribution in [3.05, 3.63) is 34.6 Å². The van der Waals surface area contributed by atoms with E-state index in [-0.39, 0.29) is 17.7 Å². The second-order valence-corrected chi connectivity index (χ2v) is 9.86. The fraction of sp³-hybridized carbons (Fsp3) is 0.480. The molecule has 38 heavy (non-hydrogen) atoms. The lowest BCUT2D eigenvalue weighted by atomic mass is 10.1. The van der Waals surface area contributed by atoms with Gasteiger partial charge in [-0.25, -0.2) is 4.98 Å². The molecule has 3 heterocycles. The van der Waals surface area contributed by atoms with Crippen LogP contribution in [-0.2, 0) is 9.47 Å². The van der Waals surface area contributed by atoms with Crippen molar-refractivity contribution in [2.75, 3.05) is 69.1 Å². The Balaban J connectivity index is 1.42. The average Bonchev–Trinajstić information content (AvgIpc) is 3.64. The predicted octanol–water partition coefficient (Wildman–Crippen LogP) is 2.62. The third-order valence-corrected chi connectivity index (χ3v) is 6.89. The minimum absolute atomic E-state index is 0.0173. The number of hydrogen-bond acceptors (Lipinski definition) is 11. The number of methoxy groups -OCH3 is 1. The molecule has 2 N–H and O–H groups in total. The minimum atomic E-state index is -0.0173. The number of likely N-dealkylation sites (N-methyl/N-ethyl adjacent to an activating group) is 1. The van der Waals surface area contributed by atoms with Crippen molar-refractivity contribution < 1.29 is 9.47 Å². The molecule has 2 fully saturated rings. The van der Waals surface area contributed by atoms with Gasteiger partial charge in [-0.15, -0.1) is 5.10 Å². The summed E-state index contributed by atoms with van der Waals surface area (Å²) in [6.45, 7) is 4.03. The molecule has 1 saturated heterocycles. The first kappa shape index (κ1) is 25.9. The highest BCUT2D eigenvalue weighted by Gasteiger charge is 2.26. The Morgan fingerprint density at radius 3 is 2.87 bits per heavy atom. The van der Waals surface area contributed by atoms with Crippen molar-refractivity contribution in [2.24, 2.45) is 0 Å². The van der Waals surface area contributed by atoms with E-state index < -0.39 is 0 Å². The van der Waals surface area contributed by atoms with Gasteiger partial charge in [-0.3, -0.25) is 0 Å². The summed E-state index contributed by atoms with van der Waals surface area (Å²) in [6.07, 6.45) is 3.55. The Hall–Kier alpha value is -3.68. The summed E-state index contributed by atoms with van der Waals surface area (Å²) < 4.78 is 12.6. The van der Waals surface area contributed by atoms with Gasteiger partial charge in [-0.2, -0.15) is 20.0 Å².